The van der Waals surface area contributed by atoms with Crippen molar-refractivity contribution in [3.63, 3.8) is 0 Å². The van der Waals surface area contributed by atoms with E-state index in [9.17, 15) is 0 Å². The lowest BCUT2D eigenvalue weighted by molar-refractivity contribution is 0.252. The first kappa shape index (κ1) is 13.6. The molecule has 0 radical (unpaired) electrons. The Labute approximate surface area is 133 Å². The van der Waals surface area contributed by atoms with Crippen LogP contribution in [-0.2, 0) is 0 Å². The standard InChI is InChI=1S/C22H22/c1-21-15-13-20(18-11-7-4-8-12-18)22(21,2)16-14-19(21)17-9-5-3-6-10-17/h3-14H,15-16H2,1-2H3/t21-,22+. The fourth-order valence-corrected chi connectivity index (χ4v) is 4.44. The molecule has 0 bridgehead atoms. The molecular formula is C22H22. The molecule has 0 amide bonds. The Morgan fingerprint density at radius 1 is 0.591 bits per heavy atom. The molecule has 0 nitrogen and oxygen atoms in total. The summed E-state index contributed by atoms with van der Waals surface area (Å²) in [6, 6.07) is 21.8. The molecule has 0 aromatic heterocycles. The maximum Gasteiger partial charge on any atom is 0.00593 e. The van der Waals surface area contributed by atoms with Crippen LogP contribution < -0.4 is 0 Å². The van der Waals surface area contributed by atoms with E-state index in [1.54, 1.807) is 0 Å². The van der Waals surface area contributed by atoms with E-state index in [-0.39, 0.29) is 10.8 Å². The molecule has 0 aliphatic heterocycles. The molecule has 0 heteroatoms. The van der Waals surface area contributed by atoms with Crippen LogP contribution in [0.1, 0.15) is 37.8 Å². The van der Waals surface area contributed by atoms with Crippen molar-refractivity contribution in [2.24, 2.45) is 10.8 Å². The lowest BCUT2D eigenvalue weighted by Gasteiger charge is -2.40. The smallest absolute Gasteiger partial charge is 0.00593 e. The van der Waals surface area contributed by atoms with Gasteiger partial charge in [-0.05, 0) is 35.1 Å². The monoisotopic (exact) mass is 286 g/mol. The third-order valence-corrected chi connectivity index (χ3v) is 6.01. The average Bonchev–Trinajstić information content (AvgIpc) is 2.96. The fourth-order valence-electron chi connectivity index (χ4n) is 4.44. The van der Waals surface area contributed by atoms with Crippen LogP contribution in [0.15, 0.2) is 72.8 Å². The lowest BCUT2D eigenvalue weighted by atomic mass is 9.62. The SMILES string of the molecule is C[C@@]12CC=C(c3ccccc3)[C@@]1(C)CC=C2c1ccccc1. The van der Waals surface area contributed by atoms with Gasteiger partial charge in [0, 0.05) is 10.8 Å². The zero-order chi connectivity index (χ0) is 15.2. The van der Waals surface area contributed by atoms with Crippen molar-refractivity contribution >= 4 is 11.1 Å². The summed E-state index contributed by atoms with van der Waals surface area (Å²) in [5.41, 5.74) is 6.24. The van der Waals surface area contributed by atoms with Crippen molar-refractivity contribution in [3.8, 4) is 0 Å². The summed E-state index contributed by atoms with van der Waals surface area (Å²) in [5.74, 6) is 0. The van der Waals surface area contributed by atoms with E-state index in [1.165, 1.54) is 22.3 Å². The summed E-state index contributed by atoms with van der Waals surface area (Å²) in [7, 11) is 0. The van der Waals surface area contributed by atoms with Gasteiger partial charge in [0.1, 0.15) is 0 Å². The first-order valence-corrected chi connectivity index (χ1v) is 8.17. The van der Waals surface area contributed by atoms with Gasteiger partial charge in [0.05, 0.1) is 0 Å². The molecule has 0 saturated carbocycles. The van der Waals surface area contributed by atoms with Gasteiger partial charge in [0.25, 0.3) is 0 Å². The third kappa shape index (κ3) is 1.70. The van der Waals surface area contributed by atoms with Crippen LogP contribution in [0.25, 0.3) is 11.1 Å². The van der Waals surface area contributed by atoms with Gasteiger partial charge in [0.2, 0.25) is 0 Å². The van der Waals surface area contributed by atoms with E-state index in [1.807, 2.05) is 0 Å². The molecule has 2 aliphatic carbocycles. The van der Waals surface area contributed by atoms with Crippen molar-refractivity contribution in [1.29, 1.82) is 0 Å². The lowest BCUT2D eigenvalue weighted by Crippen LogP contribution is -2.31. The summed E-state index contributed by atoms with van der Waals surface area (Å²) in [4.78, 5) is 0. The van der Waals surface area contributed by atoms with Crippen LogP contribution in [0.3, 0.4) is 0 Å². The van der Waals surface area contributed by atoms with E-state index in [0.717, 1.165) is 12.8 Å². The summed E-state index contributed by atoms with van der Waals surface area (Å²) in [5, 5.41) is 0. The molecule has 2 aromatic rings. The van der Waals surface area contributed by atoms with E-state index in [4.69, 9.17) is 0 Å². The van der Waals surface area contributed by atoms with Crippen LogP contribution in [0.5, 0.6) is 0 Å². The van der Waals surface area contributed by atoms with Crippen molar-refractivity contribution < 1.29 is 0 Å². The highest BCUT2D eigenvalue weighted by Crippen LogP contribution is 2.67. The molecule has 0 fully saturated rings. The number of benzene rings is 2. The van der Waals surface area contributed by atoms with E-state index >= 15 is 0 Å². The molecule has 0 unspecified atom stereocenters. The predicted molar refractivity (Wildman–Crippen MR) is 94.3 cm³/mol. The van der Waals surface area contributed by atoms with Gasteiger partial charge in [-0.15, -0.1) is 0 Å². The van der Waals surface area contributed by atoms with Gasteiger partial charge in [0.15, 0.2) is 0 Å². The molecule has 110 valence electrons. The van der Waals surface area contributed by atoms with Crippen molar-refractivity contribution in [1.82, 2.24) is 0 Å². The minimum absolute atomic E-state index is 0.208. The van der Waals surface area contributed by atoms with Gasteiger partial charge in [-0.3, -0.25) is 0 Å². The number of hydrogen-bond donors (Lipinski definition) is 0. The second-order valence-corrected chi connectivity index (χ2v) is 7.04. The van der Waals surface area contributed by atoms with Crippen LogP contribution in [-0.4, -0.2) is 0 Å². The Morgan fingerprint density at radius 2 is 0.955 bits per heavy atom. The zero-order valence-corrected chi connectivity index (χ0v) is 13.3. The Hall–Kier alpha value is -2.08. The molecule has 2 atom stereocenters. The first-order chi connectivity index (χ1) is 10.7. The minimum atomic E-state index is 0.208. The predicted octanol–water partition coefficient (Wildman–Crippen LogP) is 5.97. The average molecular weight is 286 g/mol. The third-order valence-electron chi connectivity index (χ3n) is 6.01. The highest BCUT2D eigenvalue weighted by atomic mass is 14.6. The molecule has 2 aliphatic rings. The molecule has 0 saturated heterocycles. The highest BCUT2D eigenvalue weighted by molar-refractivity contribution is 5.84. The van der Waals surface area contributed by atoms with Crippen LogP contribution >= 0.6 is 0 Å². The van der Waals surface area contributed by atoms with Gasteiger partial charge < -0.3 is 0 Å². The second kappa shape index (κ2) is 4.71. The summed E-state index contributed by atoms with van der Waals surface area (Å²) >= 11 is 0. The Balaban J connectivity index is 1.77. The van der Waals surface area contributed by atoms with Gasteiger partial charge in [-0.25, -0.2) is 0 Å². The number of rotatable bonds is 2. The molecule has 2 aromatic carbocycles. The Morgan fingerprint density at radius 3 is 1.32 bits per heavy atom. The second-order valence-electron chi connectivity index (χ2n) is 7.04. The Kier molecular flexibility index (Phi) is 2.91. The highest BCUT2D eigenvalue weighted by Gasteiger charge is 2.55. The number of hydrogen-bond acceptors (Lipinski definition) is 0. The van der Waals surface area contributed by atoms with Crippen molar-refractivity contribution in [2.75, 3.05) is 0 Å². The van der Waals surface area contributed by atoms with Crippen molar-refractivity contribution in [2.45, 2.75) is 26.7 Å². The van der Waals surface area contributed by atoms with Gasteiger partial charge in [-0.1, -0.05) is 86.7 Å². The van der Waals surface area contributed by atoms with E-state index < -0.39 is 0 Å². The largest absolute Gasteiger partial charge is 0.0792 e. The maximum atomic E-state index is 2.48. The molecular weight excluding hydrogens is 264 g/mol. The maximum absolute atomic E-state index is 2.48. The van der Waals surface area contributed by atoms with Crippen LogP contribution in [0.2, 0.25) is 0 Å². The molecule has 0 spiro atoms. The molecule has 4 rings (SSSR count). The quantitative estimate of drug-likeness (QED) is 0.637. The van der Waals surface area contributed by atoms with E-state index in [0.29, 0.717) is 0 Å². The molecule has 22 heavy (non-hydrogen) atoms. The summed E-state index contributed by atoms with van der Waals surface area (Å²) < 4.78 is 0. The van der Waals surface area contributed by atoms with E-state index in [2.05, 4.69) is 86.7 Å². The van der Waals surface area contributed by atoms with Gasteiger partial charge >= 0.3 is 0 Å². The normalized spacial score (nSPS) is 29.9. The zero-order valence-electron chi connectivity index (χ0n) is 13.3. The molecule has 0 heterocycles. The van der Waals surface area contributed by atoms with Gasteiger partial charge in [-0.2, -0.15) is 0 Å². The Bertz CT molecular complexity index is 684. The summed E-state index contributed by atoms with van der Waals surface area (Å²) in [6.07, 6.45) is 7.22. The number of fused-ring (bicyclic) bond motifs is 1. The van der Waals surface area contributed by atoms with Crippen LogP contribution in [0, 0.1) is 10.8 Å². The first-order valence-electron chi connectivity index (χ1n) is 8.17. The molecule has 0 N–H and O–H groups in total. The minimum Gasteiger partial charge on any atom is -0.0792 e. The fraction of sp³-hybridized carbons (Fsp3) is 0.273. The topological polar surface area (TPSA) is 0 Å². The summed E-state index contributed by atoms with van der Waals surface area (Å²) in [6.45, 7) is 4.90. The number of allylic oxidation sites excluding steroid dienone is 4. The van der Waals surface area contributed by atoms with Crippen LogP contribution in [0.4, 0.5) is 0 Å². The van der Waals surface area contributed by atoms with Crippen molar-refractivity contribution in [3.05, 3.63) is 83.9 Å².